The normalized spacial score (nSPS) is 10.1. The SMILES string of the molecule is Cc1cnccc1NC(=O)c1[nH]ncc1N. The first-order chi connectivity index (χ1) is 7.68. The Bertz CT molecular complexity index is 519. The van der Waals surface area contributed by atoms with Gasteiger partial charge in [-0.15, -0.1) is 0 Å². The Hall–Kier alpha value is -2.37. The number of amides is 1. The number of carbonyl (C=O) groups excluding carboxylic acids is 1. The van der Waals surface area contributed by atoms with E-state index in [1.54, 1.807) is 18.5 Å². The molecule has 82 valence electrons. The van der Waals surface area contributed by atoms with Crippen LogP contribution in [0.25, 0.3) is 0 Å². The maximum Gasteiger partial charge on any atom is 0.275 e. The van der Waals surface area contributed by atoms with Crippen LogP contribution in [-0.4, -0.2) is 21.1 Å². The summed E-state index contributed by atoms with van der Waals surface area (Å²) in [6.45, 7) is 1.86. The van der Waals surface area contributed by atoms with E-state index in [2.05, 4.69) is 20.5 Å². The van der Waals surface area contributed by atoms with Crippen molar-refractivity contribution in [2.24, 2.45) is 0 Å². The topological polar surface area (TPSA) is 96.7 Å². The van der Waals surface area contributed by atoms with Crippen LogP contribution >= 0.6 is 0 Å². The summed E-state index contributed by atoms with van der Waals surface area (Å²) >= 11 is 0. The lowest BCUT2D eigenvalue weighted by atomic mass is 10.2. The number of aromatic nitrogens is 3. The van der Waals surface area contributed by atoms with Crippen LogP contribution in [-0.2, 0) is 0 Å². The Kier molecular flexibility index (Phi) is 2.55. The van der Waals surface area contributed by atoms with E-state index in [0.717, 1.165) is 5.56 Å². The highest BCUT2D eigenvalue weighted by atomic mass is 16.2. The Labute approximate surface area is 91.9 Å². The summed E-state index contributed by atoms with van der Waals surface area (Å²) in [6, 6.07) is 1.72. The van der Waals surface area contributed by atoms with Gasteiger partial charge in [0, 0.05) is 18.1 Å². The fourth-order valence-electron chi connectivity index (χ4n) is 1.28. The Morgan fingerprint density at radius 2 is 2.31 bits per heavy atom. The van der Waals surface area contributed by atoms with E-state index in [-0.39, 0.29) is 11.6 Å². The minimum Gasteiger partial charge on any atom is -0.396 e. The second-order valence-electron chi connectivity index (χ2n) is 3.35. The van der Waals surface area contributed by atoms with Gasteiger partial charge in [0.05, 0.1) is 11.9 Å². The zero-order valence-electron chi connectivity index (χ0n) is 8.69. The van der Waals surface area contributed by atoms with E-state index >= 15 is 0 Å². The first-order valence-corrected chi connectivity index (χ1v) is 4.69. The number of nitrogens with two attached hydrogens (primary N) is 1. The Balaban J connectivity index is 2.21. The van der Waals surface area contributed by atoms with Crippen LogP contribution in [0.4, 0.5) is 11.4 Å². The number of pyridine rings is 1. The van der Waals surface area contributed by atoms with Gasteiger partial charge in [-0.05, 0) is 18.6 Å². The maximum atomic E-state index is 11.8. The summed E-state index contributed by atoms with van der Waals surface area (Å²) in [5.41, 5.74) is 7.74. The number of anilines is 2. The molecule has 0 saturated carbocycles. The van der Waals surface area contributed by atoms with Gasteiger partial charge < -0.3 is 11.1 Å². The van der Waals surface area contributed by atoms with Gasteiger partial charge in [0.1, 0.15) is 5.69 Å². The molecule has 2 aromatic heterocycles. The van der Waals surface area contributed by atoms with Gasteiger partial charge in [-0.3, -0.25) is 14.9 Å². The van der Waals surface area contributed by atoms with Gasteiger partial charge in [0.15, 0.2) is 0 Å². The van der Waals surface area contributed by atoms with E-state index in [4.69, 9.17) is 5.73 Å². The molecular formula is C10H11N5O. The van der Waals surface area contributed by atoms with Gasteiger partial charge in [-0.25, -0.2) is 0 Å². The number of hydrogen-bond donors (Lipinski definition) is 3. The number of nitrogens with one attached hydrogen (secondary N) is 2. The molecule has 0 aliphatic carbocycles. The predicted octanol–water partition coefficient (Wildman–Crippen LogP) is 0.948. The summed E-state index contributed by atoms with van der Waals surface area (Å²) in [5, 5.41) is 8.95. The minimum absolute atomic E-state index is 0.260. The van der Waals surface area contributed by atoms with Crippen LogP contribution in [0, 0.1) is 6.92 Å². The Morgan fingerprint density at radius 3 is 2.94 bits per heavy atom. The van der Waals surface area contributed by atoms with Crippen LogP contribution < -0.4 is 11.1 Å². The zero-order chi connectivity index (χ0) is 11.5. The summed E-state index contributed by atoms with van der Waals surface area (Å²) in [4.78, 5) is 15.7. The molecule has 0 aliphatic heterocycles. The number of H-pyrrole nitrogens is 1. The molecule has 4 N–H and O–H groups in total. The lowest BCUT2D eigenvalue weighted by Crippen LogP contribution is -2.14. The van der Waals surface area contributed by atoms with Crippen LogP contribution in [0.5, 0.6) is 0 Å². The highest BCUT2D eigenvalue weighted by Crippen LogP contribution is 2.14. The maximum absolute atomic E-state index is 11.8. The lowest BCUT2D eigenvalue weighted by molar-refractivity contribution is 0.102. The van der Waals surface area contributed by atoms with Crippen molar-refractivity contribution in [1.29, 1.82) is 0 Å². The summed E-state index contributed by atoms with van der Waals surface area (Å²) in [5.74, 6) is -0.315. The quantitative estimate of drug-likeness (QED) is 0.697. The van der Waals surface area contributed by atoms with Crippen LogP contribution in [0.2, 0.25) is 0 Å². The largest absolute Gasteiger partial charge is 0.396 e. The predicted molar refractivity (Wildman–Crippen MR) is 59.9 cm³/mol. The molecule has 0 unspecified atom stereocenters. The Morgan fingerprint density at radius 1 is 1.50 bits per heavy atom. The average molecular weight is 217 g/mol. The molecule has 1 amide bonds. The van der Waals surface area contributed by atoms with Crippen molar-refractivity contribution in [2.45, 2.75) is 6.92 Å². The average Bonchev–Trinajstić information content (AvgIpc) is 2.68. The molecule has 0 radical (unpaired) electrons. The molecule has 0 spiro atoms. The number of aromatic amines is 1. The lowest BCUT2D eigenvalue weighted by Gasteiger charge is -2.06. The molecule has 6 nitrogen and oxygen atoms in total. The number of aryl methyl sites for hydroxylation is 1. The van der Waals surface area contributed by atoms with Crippen molar-refractivity contribution >= 4 is 17.3 Å². The minimum atomic E-state index is -0.315. The van der Waals surface area contributed by atoms with Crippen LogP contribution in [0.15, 0.2) is 24.7 Å². The van der Waals surface area contributed by atoms with Crippen molar-refractivity contribution in [3.63, 3.8) is 0 Å². The van der Waals surface area contributed by atoms with Crippen molar-refractivity contribution in [3.05, 3.63) is 35.9 Å². The molecular weight excluding hydrogens is 206 g/mol. The number of nitrogen functional groups attached to an aromatic ring is 1. The van der Waals surface area contributed by atoms with Gasteiger partial charge >= 0.3 is 0 Å². The fourth-order valence-corrected chi connectivity index (χ4v) is 1.28. The molecule has 2 aromatic rings. The number of rotatable bonds is 2. The molecule has 0 aromatic carbocycles. The van der Waals surface area contributed by atoms with E-state index in [1.807, 2.05) is 6.92 Å². The highest BCUT2D eigenvalue weighted by Gasteiger charge is 2.12. The third-order valence-electron chi connectivity index (χ3n) is 2.16. The first-order valence-electron chi connectivity index (χ1n) is 4.69. The van der Waals surface area contributed by atoms with E-state index in [1.165, 1.54) is 6.20 Å². The number of hydrogen-bond acceptors (Lipinski definition) is 4. The second kappa shape index (κ2) is 4.01. The van der Waals surface area contributed by atoms with Gasteiger partial charge in [0.2, 0.25) is 0 Å². The highest BCUT2D eigenvalue weighted by molar-refractivity contribution is 6.06. The van der Waals surface area contributed by atoms with E-state index in [9.17, 15) is 4.79 Å². The van der Waals surface area contributed by atoms with Gasteiger partial charge in [-0.2, -0.15) is 5.10 Å². The summed E-state index contributed by atoms with van der Waals surface area (Å²) < 4.78 is 0. The standard InChI is InChI=1S/C10H11N5O/c1-6-4-12-3-2-8(6)14-10(16)9-7(11)5-13-15-9/h2-5H,11H2,1H3,(H,13,15)(H,12,14,16). The molecule has 0 saturated heterocycles. The third-order valence-corrected chi connectivity index (χ3v) is 2.16. The monoisotopic (exact) mass is 217 g/mol. The molecule has 0 fully saturated rings. The number of nitrogens with zero attached hydrogens (tertiary/aromatic N) is 2. The fraction of sp³-hybridized carbons (Fsp3) is 0.100. The molecule has 2 rings (SSSR count). The first kappa shape index (κ1) is 10.2. The van der Waals surface area contributed by atoms with Gasteiger partial charge in [0.25, 0.3) is 5.91 Å². The van der Waals surface area contributed by atoms with Gasteiger partial charge in [-0.1, -0.05) is 0 Å². The molecule has 6 heteroatoms. The zero-order valence-corrected chi connectivity index (χ0v) is 8.69. The number of carbonyl (C=O) groups is 1. The van der Waals surface area contributed by atoms with E-state index < -0.39 is 0 Å². The van der Waals surface area contributed by atoms with Crippen LogP contribution in [0.1, 0.15) is 16.1 Å². The van der Waals surface area contributed by atoms with Crippen molar-refractivity contribution in [1.82, 2.24) is 15.2 Å². The third kappa shape index (κ3) is 1.85. The summed E-state index contributed by atoms with van der Waals surface area (Å²) in [6.07, 6.45) is 4.68. The van der Waals surface area contributed by atoms with Crippen molar-refractivity contribution < 1.29 is 4.79 Å². The molecule has 0 bridgehead atoms. The second-order valence-corrected chi connectivity index (χ2v) is 3.35. The van der Waals surface area contributed by atoms with Crippen molar-refractivity contribution in [2.75, 3.05) is 11.1 Å². The smallest absolute Gasteiger partial charge is 0.275 e. The van der Waals surface area contributed by atoms with E-state index in [0.29, 0.717) is 11.4 Å². The van der Waals surface area contributed by atoms with Crippen molar-refractivity contribution in [3.8, 4) is 0 Å². The molecule has 2 heterocycles. The summed E-state index contributed by atoms with van der Waals surface area (Å²) in [7, 11) is 0. The molecule has 0 atom stereocenters. The molecule has 0 aliphatic rings. The van der Waals surface area contributed by atoms with Crippen LogP contribution in [0.3, 0.4) is 0 Å². The molecule has 16 heavy (non-hydrogen) atoms.